The predicted octanol–water partition coefficient (Wildman–Crippen LogP) is 3.14. The molecular weight excluding hydrogens is 403 g/mol. The molecule has 0 bridgehead atoms. The third-order valence-corrected chi connectivity index (χ3v) is 4.89. The van der Waals surface area contributed by atoms with Crippen LogP contribution in [0.1, 0.15) is 23.2 Å². The van der Waals surface area contributed by atoms with E-state index in [-0.39, 0.29) is 10.6 Å². The Bertz CT molecular complexity index is 948. The maximum Gasteiger partial charge on any atom is 0.326 e. The summed E-state index contributed by atoms with van der Waals surface area (Å²) in [5.74, 6) is -2.10. The van der Waals surface area contributed by atoms with Gasteiger partial charge in [-0.05, 0) is 43.2 Å². The number of carboxylic acid groups (broad SMARTS) is 1. The Morgan fingerprint density at radius 3 is 2.59 bits per heavy atom. The molecule has 0 atom stereocenters. The Morgan fingerprint density at radius 1 is 1.21 bits per heavy atom. The van der Waals surface area contributed by atoms with Crippen molar-refractivity contribution in [2.24, 2.45) is 5.92 Å². The lowest BCUT2D eigenvalue weighted by Crippen LogP contribution is -2.38. The molecule has 2 heterocycles. The molecule has 0 radical (unpaired) electrons. The molecule has 1 aromatic carbocycles. The van der Waals surface area contributed by atoms with Crippen LogP contribution in [0.15, 0.2) is 36.5 Å². The summed E-state index contributed by atoms with van der Waals surface area (Å²) in [6.07, 6.45) is 2.50. The van der Waals surface area contributed by atoms with E-state index in [4.69, 9.17) is 16.7 Å². The highest BCUT2D eigenvalue weighted by atomic mass is 35.5. The molecule has 1 aliphatic heterocycles. The number of carbonyl (C=O) groups is 3. The molecule has 0 saturated carbocycles. The van der Waals surface area contributed by atoms with Crippen molar-refractivity contribution in [2.45, 2.75) is 12.8 Å². The first kappa shape index (κ1) is 20.5. The van der Waals surface area contributed by atoms with Crippen LogP contribution in [0.4, 0.5) is 20.7 Å². The molecule has 1 fully saturated rings. The van der Waals surface area contributed by atoms with Gasteiger partial charge < -0.3 is 15.3 Å². The second kappa shape index (κ2) is 8.87. The van der Waals surface area contributed by atoms with Crippen LogP contribution in [-0.4, -0.2) is 41.1 Å². The second-order valence-electron chi connectivity index (χ2n) is 6.51. The summed E-state index contributed by atoms with van der Waals surface area (Å²) in [5, 5.41) is 13.7. The van der Waals surface area contributed by atoms with Crippen molar-refractivity contribution in [3.05, 3.63) is 52.9 Å². The number of imide groups is 1. The lowest BCUT2D eigenvalue weighted by molar-refractivity contribution is -0.142. The number of rotatable bonds is 4. The Morgan fingerprint density at radius 2 is 1.93 bits per heavy atom. The highest BCUT2D eigenvalue weighted by Gasteiger charge is 2.26. The smallest absolute Gasteiger partial charge is 0.326 e. The molecule has 2 aromatic rings. The molecular formula is C19H18ClFN4O4. The zero-order valence-corrected chi connectivity index (χ0v) is 15.9. The number of hydrogen-bond donors (Lipinski definition) is 3. The number of carbonyl (C=O) groups excluding carboxylic acids is 2. The third kappa shape index (κ3) is 5.00. The lowest BCUT2D eigenvalue weighted by Gasteiger charge is -2.32. The maximum absolute atomic E-state index is 13.1. The van der Waals surface area contributed by atoms with Gasteiger partial charge in [-0.1, -0.05) is 11.6 Å². The van der Waals surface area contributed by atoms with Crippen molar-refractivity contribution < 1.29 is 23.9 Å². The van der Waals surface area contributed by atoms with E-state index in [0.29, 0.717) is 37.4 Å². The average Bonchev–Trinajstić information content (AvgIpc) is 2.68. The van der Waals surface area contributed by atoms with Crippen LogP contribution < -0.4 is 15.5 Å². The summed E-state index contributed by atoms with van der Waals surface area (Å²) in [5.41, 5.74) is 0.335. The number of amides is 3. The Kier molecular flexibility index (Phi) is 6.28. The van der Waals surface area contributed by atoms with Crippen LogP contribution in [0.5, 0.6) is 0 Å². The molecule has 8 nitrogen and oxygen atoms in total. The van der Waals surface area contributed by atoms with Gasteiger partial charge in [0.2, 0.25) is 0 Å². The largest absolute Gasteiger partial charge is 0.481 e. The van der Waals surface area contributed by atoms with Gasteiger partial charge in [-0.2, -0.15) is 0 Å². The van der Waals surface area contributed by atoms with Crippen LogP contribution in [0.3, 0.4) is 0 Å². The molecule has 1 aromatic heterocycles. The molecule has 1 aliphatic rings. The molecule has 0 unspecified atom stereocenters. The van der Waals surface area contributed by atoms with Crippen LogP contribution in [0.25, 0.3) is 0 Å². The van der Waals surface area contributed by atoms with E-state index in [1.165, 1.54) is 6.07 Å². The quantitative estimate of drug-likeness (QED) is 0.700. The average molecular weight is 421 g/mol. The summed E-state index contributed by atoms with van der Waals surface area (Å²) in [6.45, 7) is 0.961. The fraction of sp³-hybridized carbons (Fsp3) is 0.263. The standard InChI is InChI=1S/C19H18ClFN4O4/c20-14-10-12(21)3-4-13(14)17(26)24-19(29)23-15-2-1-7-22-16(15)25-8-5-11(6-9-25)18(27)28/h1-4,7,10-11H,5-6,8-9H2,(H,27,28)(H2,23,24,26,29). The van der Waals surface area contributed by atoms with E-state index in [0.717, 1.165) is 12.1 Å². The maximum atomic E-state index is 13.1. The summed E-state index contributed by atoms with van der Waals surface area (Å²) in [4.78, 5) is 41.7. The molecule has 3 rings (SSSR count). The van der Waals surface area contributed by atoms with Gasteiger partial charge in [0.25, 0.3) is 5.91 Å². The number of benzene rings is 1. The molecule has 3 N–H and O–H groups in total. The molecule has 0 spiro atoms. The molecule has 1 saturated heterocycles. The number of halogens is 2. The van der Waals surface area contributed by atoms with Gasteiger partial charge >= 0.3 is 12.0 Å². The Balaban J connectivity index is 1.67. The van der Waals surface area contributed by atoms with Gasteiger partial charge in [0, 0.05) is 19.3 Å². The van der Waals surface area contributed by atoms with E-state index in [9.17, 15) is 18.8 Å². The fourth-order valence-electron chi connectivity index (χ4n) is 3.08. The number of nitrogens with zero attached hydrogens (tertiary/aromatic N) is 2. The van der Waals surface area contributed by atoms with Crippen molar-refractivity contribution in [2.75, 3.05) is 23.3 Å². The number of nitrogens with one attached hydrogen (secondary N) is 2. The predicted molar refractivity (Wildman–Crippen MR) is 105 cm³/mol. The van der Waals surface area contributed by atoms with Gasteiger partial charge in [-0.25, -0.2) is 14.2 Å². The minimum Gasteiger partial charge on any atom is -0.481 e. The van der Waals surface area contributed by atoms with Crippen LogP contribution >= 0.6 is 11.6 Å². The van der Waals surface area contributed by atoms with E-state index in [1.807, 2.05) is 4.90 Å². The first-order valence-corrected chi connectivity index (χ1v) is 9.23. The number of hydrogen-bond acceptors (Lipinski definition) is 5. The summed E-state index contributed by atoms with van der Waals surface area (Å²) in [6, 6.07) is 5.68. The van der Waals surface area contributed by atoms with Crippen LogP contribution in [-0.2, 0) is 4.79 Å². The van der Waals surface area contributed by atoms with Crippen LogP contribution in [0.2, 0.25) is 5.02 Å². The number of piperidine rings is 1. The monoisotopic (exact) mass is 420 g/mol. The van der Waals surface area contributed by atoms with E-state index < -0.39 is 29.6 Å². The minimum atomic E-state index is -0.818. The molecule has 29 heavy (non-hydrogen) atoms. The fourth-order valence-corrected chi connectivity index (χ4v) is 3.34. The summed E-state index contributed by atoms with van der Waals surface area (Å²) < 4.78 is 13.1. The Labute approximate surface area is 170 Å². The van der Waals surface area contributed by atoms with Crippen LogP contribution in [0, 0.1) is 11.7 Å². The SMILES string of the molecule is O=C(NC(=O)c1ccc(F)cc1Cl)Nc1cccnc1N1CCC(C(=O)O)CC1. The van der Waals surface area contributed by atoms with Crippen molar-refractivity contribution in [1.29, 1.82) is 0 Å². The molecule has 152 valence electrons. The van der Waals surface area contributed by atoms with E-state index in [1.54, 1.807) is 18.3 Å². The minimum absolute atomic E-state index is 0.0367. The number of pyridine rings is 1. The number of aromatic nitrogens is 1. The number of anilines is 2. The van der Waals surface area contributed by atoms with Crippen molar-refractivity contribution in [3.63, 3.8) is 0 Å². The van der Waals surface area contributed by atoms with Gasteiger partial charge in [0.1, 0.15) is 5.82 Å². The normalized spacial score (nSPS) is 14.3. The highest BCUT2D eigenvalue weighted by Crippen LogP contribution is 2.27. The van der Waals surface area contributed by atoms with Gasteiger partial charge in [-0.15, -0.1) is 0 Å². The molecule has 3 amide bonds. The molecule has 0 aliphatic carbocycles. The molecule has 10 heteroatoms. The lowest BCUT2D eigenvalue weighted by atomic mass is 9.97. The number of urea groups is 1. The Hall–Kier alpha value is -3.20. The van der Waals surface area contributed by atoms with Gasteiger partial charge in [-0.3, -0.25) is 14.9 Å². The third-order valence-electron chi connectivity index (χ3n) is 4.58. The summed E-state index contributed by atoms with van der Waals surface area (Å²) >= 11 is 5.84. The van der Waals surface area contributed by atoms with Crippen molar-refractivity contribution in [3.8, 4) is 0 Å². The first-order valence-electron chi connectivity index (χ1n) is 8.85. The summed E-state index contributed by atoms with van der Waals surface area (Å²) in [7, 11) is 0. The van der Waals surface area contributed by atoms with E-state index in [2.05, 4.69) is 15.6 Å². The number of carboxylic acids is 1. The van der Waals surface area contributed by atoms with E-state index >= 15 is 0 Å². The van der Waals surface area contributed by atoms with Crippen molar-refractivity contribution >= 4 is 41.0 Å². The zero-order valence-electron chi connectivity index (χ0n) is 15.2. The van der Waals surface area contributed by atoms with Gasteiger partial charge in [0.05, 0.1) is 22.2 Å². The second-order valence-corrected chi connectivity index (χ2v) is 6.91. The first-order chi connectivity index (χ1) is 13.8. The van der Waals surface area contributed by atoms with Crippen molar-refractivity contribution in [1.82, 2.24) is 10.3 Å². The van der Waals surface area contributed by atoms with Gasteiger partial charge in [0.15, 0.2) is 5.82 Å². The highest BCUT2D eigenvalue weighted by molar-refractivity contribution is 6.34. The number of aliphatic carboxylic acids is 1. The topological polar surface area (TPSA) is 112 Å². The zero-order chi connectivity index (χ0) is 21.0.